The molecule has 8 heteroatoms. The number of carbonyl (C=O) groups is 3. The second kappa shape index (κ2) is 6.70. The van der Waals surface area contributed by atoms with Crippen LogP contribution in [0.15, 0.2) is 30.5 Å². The van der Waals surface area contributed by atoms with E-state index in [4.69, 9.17) is 0 Å². The second-order valence-corrected chi connectivity index (χ2v) is 8.84. The lowest BCUT2D eigenvalue weighted by molar-refractivity contribution is -0.129. The van der Waals surface area contributed by atoms with Gasteiger partial charge in [-0.3, -0.25) is 24.6 Å². The van der Waals surface area contributed by atoms with E-state index in [1.54, 1.807) is 35.4 Å². The Morgan fingerprint density at radius 3 is 2.75 bits per heavy atom. The SMILES string of the molecule is Cc1cnc(NC(=O)[C@@]23CCC(=O)N2c2ccccc2C(=O)N3CC(C)C)s1. The predicted molar refractivity (Wildman–Crippen MR) is 107 cm³/mol. The van der Waals surface area contributed by atoms with Crippen molar-refractivity contribution < 1.29 is 14.4 Å². The highest BCUT2D eigenvalue weighted by atomic mass is 32.1. The van der Waals surface area contributed by atoms with Crippen LogP contribution in [0.3, 0.4) is 0 Å². The van der Waals surface area contributed by atoms with Gasteiger partial charge in [0.05, 0.1) is 11.3 Å². The summed E-state index contributed by atoms with van der Waals surface area (Å²) in [6.45, 7) is 6.26. The van der Waals surface area contributed by atoms with Crippen LogP contribution in [0.4, 0.5) is 10.8 Å². The van der Waals surface area contributed by atoms with Crippen molar-refractivity contribution in [3.8, 4) is 0 Å². The lowest BCUT2D eigenvalue weighted by Crippen LogP contribution is -2.69. The van der Waals surface area contributed by atoms with Crippen molar-refractivity contribution in [2.75, 3.05) is 16.8 Å². The number of thiazole rings is 1. The Morgan fingerprint density at radius 1 is 1.32 bits per heavy atom. The maximum Gasteiger partial charge on any atom is 0.273 e. The molecule has 146 valence electrons. The zero-order chi connectivity index (χ0) is 20.1. The number of rotatable bonds is 4. The maximum absolute atomic E-state index is 13.5. The van der Waals surface area contributed by atoms with Gasteiger partial charge in [0, 0.05) is 30.5 Å². The van der Waals surface area contributed by atoms with E-state index >= 15 is 0 Å². The molecule has 2 aliphatic rings. The van der Waals surface area contributed by atoms with Crippen LogP contribution in [-0.2, 0) is 9.59 Å². The van der Waals surface area contributed by atoms with E-state index in [1.165, 1.54) is 16.2 Å². The van der Waals surface area contributed by atoms with Gasteiger partial charge in [0.1, 0.15) is 0 Å². The number of aromatic nitrogens is 1. The summed E-state index contributed by atoms with van der Waals surface area (Å²) in [5.41, 5.74) is -0.417. The van der Waals surface area contributed by atoms with Crippen molar-refractivity contribution in [1.82, 2.24) is 9.88 Å². The highest BCUT2D eigenvalue weighted by Gasteiger charge is 2.60. The monoisotopic (exact) mass is 398 g/mol. The molecular formula is C20H22N4O3S. The van der Waals surface area contributed by atoms with Crippen LogP contribution in [0.5, 0.6) is 0 Å². The zero-order valence-electron chi connectivity index (χ0n) is 16.1. The molecule has 0 spiro atoms. The highest BCUT2D eigenvalue weighted by Crippen LogP contribution is 2.45. The first-order valence-electron chi connectivity index (χ1n) is 9.32. The normalized spacial score (nSPS) is 21.1. The standard InChI is InChI=1S/C20H22N4O3S/c1-12(2)11-23-17(26)14-6-4-5-7-15(14)24-16(25)8-9-20(23,24)18(27)22-19-21-10-13(3)28-19/h4-7,10,12H,8-9,11H2,1-3H3,(H,21,22,27)/t20-/m1/s1. The van der Waals surface area contributed by atoms with Crippen molar-refractivity contribution >= 4 is 39.9 Å². The molecule has 1 N–H and O–H groups in total. The van der Waals surface area contributed by atoms with Crippen molar-refractivity contribution in [3.05, 3.63) is 40.9 Å². The van der Waals surface area contributed by atoms with E-state index in [1.807, 2.05) is 20.8 Å². The van der Waals surface area contributed by atoms with Crippen LogP contribution in [-0.4, -0.2) is 39.8 Å². The summed E-state index contributed by atoms with van der Waals surface area (Å²) in [6, 6.07) is 7.00. The Balaban J connectivity index is 1.85. The molecule has 1 aromatic heterocycles. The third-order valence-corrected chi connectivity index (χ3v) is 5.96. The van der Waals surface area contributed by atoms with E-state index in [0.29, 0.717) is 22.9 Å². The van der Waals surface area contributed by atoms with Gasteiger partial charge in [0.25, 0.3) is 11.8 Å². The largest absolute Gasteiger partial charge is 0.307 e. The molecule has 4 rings (SSSR count). The van der Waals surface area contributed by atoms with E-state index in [0.717, 1.165) is 4.88 Å². The lowest BCUT2D eigenvalue weighted by Gasteiger charge is -2.49. The fourth-order valence-corrected chi connectivity index (χ4v) is 4.67. The molecular weight excluding hydrogens is 376 g/mol. The van der Waals surface area contributed by atoms with E-state index in [-0.39, 0.29) is 30.6 Å². The second-order valence-electron chi connectivity index (χ2n) is 7.60. The number of hydrogen-bond donors (Lipinski definition) is 1. The summed E-state index contributed by atoms with van der Waals surface area (Å²) in [4.78, 5) is 48.0. The molecule has 0 aliphatic carbocycles. The Kier molecular flexibility index (Phi) is 4.45. The van der Waals surface area contributed by atoms with Gasteiger partial charge in [-0.05, 0) is 25.0 Å². The molecule has 1 fully saturated rings. The fourth-order valence-electron chi connectivity index (χ4n) is 4.01. The van der Waals surface area contributed by atoms with E-state index < -0.39 is 11.6 Å². The molecule has 2 aromatic rings. The first-order chi connectivity index (χ1) is 13.3. The minimum absolute atomic E-state index is 0.138. The molecule has 0 unspecified atom stereocenters. The molecule has 0 radical (unpaired) electrons. The quantitative estimate of drug-likeness (QED) is 0.858. The molecule has 2 aliphatic heterocycles. The van der Waals surface area contributed by atoms with E-state index in [2.05, 4.69) is 10.3 Å². The number of para-hydroxylation sites is 1. The third-order valence-electron chi connectivity index (χ3n) is 5.13. The summed E-state index contributed by atoms with van der Waals surface area (Å²) < 4.78 is 0. The lowest BCUT2D eigenvalue weighted by atomic mass is 9.94. The first-order valence-corrected chi connectivity index (χ1v) is 10.1. The summed E-state index contributed by atoms with van der Waals surface area (Å²) in [7, 11) is 0. The van der Waals surface area contributed by atoms with Crippen LogP contribution < -0.4 is 10.2 Å². The number of amides is 3. The summed E-state index contributed by atoms with van der Waals surface area (Å²) in [6.07, 6.45) is 2.15. The fraction of sp³-hybridized carbons (Fsp3) is 0.400. The summed E-state index contributed by atoms with van der Waals surface area (Å²) in [5.74, 6) is -0.630. The van der Waals surface area contributed by atoms with Crippen molar-refractivity contribution in [2.45, 2.75) is 39.3 Å². The van der Waals surface area contributed by atoms with Gasteiger partial charge in [-0.2, -0.15) is 0 Å². The van der Waals surface area contributed by atoms with Gasteiger partial charge in [-0.1, -0.05) is 26.0 Å². The Labute approximate surface area is 167 Å². The van der Waals surface area contributed by atoms with Gasteiger partial charge < -0.3 is 4.90 Å². The number of carbonyl (C=O) groups excluding carboxylic acids is 3. The van der Waals surface area contributed by atoms with Crippen LogP contribution >= 0.6 is 11.3 Å². The molecule has 1 atom stereocenters. The minimum atomic E-state index is -1.37. The van der Waals surface area contributed by atoms with Gasteiger partial charge in [-0.15, -0.1) is 11.3 Å². The number of nitrogens with zero attached hydrogens (tertiary/aromatic N) is 3. The van der Waals surface area contributed by atoms with Crippen LogP contribution in [0, 0.1) is 12.8 Å². The molecule has 7 nitrogen and oxygen atoms in total. The summed E-state index contributed by atoms with van der Waals surface area (Å²) in [5, 5.41) is 3.32. The average molecular weight is 398 g/mol. The van der Waals surface area contributed by atoms with Gasteiger partial charge in [-0.25, -0.2) is 4.98 Å². The number of aryl methyl sites for hydroxylation is 1. The Hall–Kier alpha value is -2.74. The molecule has 1 saturated heterocycles. The van der Waals surface area contributed by atoms with Gasteiger partial charge in [0.15, 0.2) is 5.13 Å². The van der Waals surface area contributed by atoms with Crippen LogP contribution in [0.2, 0.25) is 0 Å². The van der Waals surface area contributed by atoms with Crippen molar-refractivity contribution in [2.24, 2.45) is 5.92 Å². The van der Waals surface area contributed by atoms with Gasteiger partial charge in [0.2, 0.25) is 11.6 Å². The molecule has 3 heterocycles. The van der Waals surface area contributed by atoms with Crippen molar-refractivity contribution in [3.63, 3.8) is 0 Å². The number of nitrogens with one attached hydrogen (secondary N) is 1. The van der Waals surface area contributed by atoms with Crippen LogP contribution in [0.25, 0.3) is 0 Å². The van der Waals surface area contributed by atoms with Crippen molar-refractivity contribution in [1.29, 1.82) is 0 Å². The number of fused-ring (bicyclic) bond motifs is 3. The number of benzene rings is 1. The third kappa shape index (κ3) is 2.71. The molecule has 0 bridgehead atoms. The highest BCUT2D eigenvalue weighted by molar-refractivity contribution is 7.15. The Morgan fingerprint density at radius 2 is 2.07 bits per heavy atom. The smallest absolute Gasteiger partial charge is 0.273 e. The van der Waals surface area contributed by atoms with Gasteiger partial charge >= 0.3 is 0 Å². The Bertz CT molecular complexity index is 970. The van der Waals surface area contributed by atoms with Crippen LogP contribution in [0.1, 0.15) is 41.9 Å². The molecule has 1 aromatic carbocycles. The molecule has 28 heavy (non-hydrogen) atoms. The zero-order valence-corrected chi connectivity index (χ0v) is 16.9. The van der Waals surface area contributed by atoms with E-state index in [9.17, 15) is 14.4 Å². The average Bonchev–Trinajstić information content (AvgIpc) is 3.22. The molecule has 3 amide bonds. The predicted octanol–water partition coefficient (Wildman–Crippen LogP) is 3.03. The minimum Gasteiger partial charge on any atom is -0.307 e. The topological polar surface area (TPSA) is 82.6 Å². The summed E-state index contributed by atoms with van der Waals surface area (Å²) >= 11 is 1.36. The number of anilines is 2. The first kappa shape index (κ1) is 18.6. The number of hydrogen-bond acceptors (Lipinski definition) is 5. The molecule has 0 saturated carbocycles. The maximum atomic E-state index is 13.5.